The first-order valence-corrected chi connectivity index (χ1v) is 7.43. The topological polar surface area (TPSA) is 83.2 Å². The molecule has 2 heterocycles. The van der Waals surface area contributed by atoms with Crippen LogP contribution >= 0.6 is 11.6 Å². The van der Waals surface area contributed by atoms with E-state index in [1.165, 1.54) is 12.1 Å². The van der Waals surface area contributed by atoms with Gasteiger partial charge in [-0.25, -0.2) is 4.98 Å². The molecule has 1 aliphatic heterocycles. The van der Waals surface area contributed by atoms with E-state index in [1.54, 1.807) is 18.3 Å². The van der Waals surface area contributed by atoms with Gasteiger partial charge in [0.15, 0.2) is 0 Å². The highest BCUT2D eigenvalue weighted by atomic mass is 35.5. The molecule has 0 fully saturated rings. The van der Waals surface area contributed by atoms with Gasteiger partial charge < -0.3 is 15.6 Å². The monoisotopic (exact) mass is 373 g/mol. The Morgan fingerprint density at radius 2 is 2.08 bits per heavy atom. The summed E-state index contributed by atoms with van der Waals surface area (Å²) in [6.07, 6.45) is -2.86. The van der Waals surface area contributed by atoms with Gasteiger partial charge >= 0.3 is 12.1 Å². The van der Waals surface area contributed by atoms with Crippen molar-refractivity contribution in [2.45, 2.75) is 18.6 Å². The van der Waals surface area contributed by atoms with Crippen LogP contribution < -0.4 is 4.74 Å². The van der Waals surface area contributed by atoms with Crippen LogP contribution in [0.5, 0.6) is 5.88 Å². The summed E-state index contributed by atoms with van der Waals surface area (Å²) in [5.74, 6) is -0.958. The second-order valence-corrected chi connectivity index (χ2v) is 5.43. The minimum absolute atomic E-state index is 0.191. The van der Waals surface area contributed by atoms with Gasteiger partial charge in [-0.15, -0.1) is 6.54 Å². The molecule has 3 rings (SSSR count). The normalized spacial score (nSPS) is 15.6. The molecule has 1 aliphatic rings. The van der Waals surface area contributed by atoms with E-state index in [0.29, 0.717) is 11.4 Å². The van der Waals surface area contributed by atoms with E-state index in [0.717, 1.165) is 6.07 Å². The molecule has 0 amide bonds. The Morgan fingerprint density at radius 1 is 1.36 bits per heavy atom. The van der Waals surface area contributed by atoms with Gasteiger partial charge in [-0.1, -0.05) is 29.8 Å². The number of alkyl halides is 3. The number of carboxylic acid groups (broad SMARTS) is 1. The summed E-state index contributed by atoms with van der Waals surface area (Å²) in [7, 11) is 0. The van der Waals surface area contributed by atoms with Crippen LogP contribution in [-0.2, 0) is 17.5 Å². The minimum atomic E-state index is -4.44. The number of aliphatic carboxylic acids is 1. The summed E-state index contributed by atoms with van der Waals surface area (Å²) in [6.45, 7) is -0.0512. The van der Waals surface area contributed by atoms with Crippen molar-refractivity contribution in [1.82, 2.24) is 4.98 Å². The SMILES string of the molecule is O=C(O)C1COc2ncccc21.[NH-]Cc1cccc(C(F)(F)F)c1Cl. The molecule has 0 saturated carbocycles. The number of aromatic nitrogens is 1. The quantitative estimate of drug-likeness (QED) is 0.836. The van der Waals surface area contributed by atoms with Gasteiger partial charge in [-0.2, -0.15) is 13.2 Å². The third-order valence-electron chi connectivity index (χ3n) is 3.44. The zero-order chi connectivity index (χ0) is 18.6. The lowest BCUT2D eigenvalue weighted by molar-refractivity contribution is -0.139. The molecule has 0 saturated heterocycles. The molecule has 2 N–H and O–H groups in total. The first-order chi connectivity index (χ1) is 11.8. The van der Waals surface area contributed by atoms with Gasteiger partial charge in [0.1, 0.15) is 12.5 Å². The van der Waals surface area contributed by atoms with Crippen LogP contribution in [0.2, 0.25) is 5.02 Å². The van der Waals surface area contributed by atoms with E-state index >= 15 is 0 Å². The molecule has 1 aromatic heterocycles. The lowest BCUT2D eigenvalue weighted by Gasteiger charge is -2.12. The summed E-state index contributed by atoms with van der Waals surface area (Å²) in [6, 6.07) is 7.00. The zero-order valence-electron chi connectivity index (χ0n) is 12.7. The standard InChI is InChI=1S/C8H6ClF3N.C8H7NO3/c9-7-5(4-13)2-1-3-6(7)8(10,11)12;10-8(11)6-4-12-7-5(6)2-1-3-9-7/h1-3,13H,4H2;1-3,6H,4H2,(H,10,11)/q-1;. The van der Waals surface area contributed by atoms with E-state index < -0.39 is 23.6 Å². The van der Waals surface area contributed by atoms with Crippen molar-refractivity contribution in [3.63, 3.8) is 0 Å². The number of pyridine rings is 1. The van der Waals surface area contributed by atoms with Crippen LogP contribution in [0.15, 0.2) is 36.5 Å². The van der Waals surface area contributed by atoms with E-state index in [4.69, 9.17) is 27.2 Å². The Balaban J connectivity index is 0.000000181. The Bertz CT molecular complexity index is 769. The molecule has 9 heteroatoms. The molecular weight excluding hydrogens is 361 g/mol. The van der Waals surface area contributed by atoms with Crippen molar-refractivity contribution in [3.05, 3.63) is 64.0 Å². The number of fused-ring (bicyclic) bond motifs is 1. The second-order valence-electron chi connectivity index (χ2n) is 5.05. The fourth-order valence-electron chi connectivity index (χ4n) is 2.18. The predicted octanol–water partition coefficient (Wildman–Crippen LogP) is 4.55. The number of carbonyl (C=O) groups is 1. The molecule has 1 aromatic carbocycles. The smallest absolute Gasteiger partial charge is 0.417 e. The maximum absolute atomic E-state index is 12.2. The number of halogens is 4. The van der Waals surface area contributed by atoms with E-state index in [9.17, 15) is 18.0 Å². The highest BCUT2D eigenvalue weighted by Gasteiger charge is 2.33. The van der Waals surface area contributed by atoms with E-state index in [-0.39, 0.29) is 23.7 Å². The molecule has 2 aromatic rings. The molecule has 5 nitrogen and oxygen atoms in total. The molecule has 0 spiro atoms. The number of hydrogen-bond acceptors (Lipinski definition) is 3. The lowest BCUT2D eigenvalue weighted by atomic mass is 10.0. The maximum Gasteiger partial charge on any atom is 0.417 e. The van der Waals surface area contributed by atoms with Gasteiger partial charge in [0.25, 0.3) is 0 Å². The first kappa shape index (κ1) is 19.0. The molecule has 0 bridgehead atoms. The van der Waals surface area contributed by atoms with Crippen molar-refractivity contribution >= 4 is 17.6 Å². The Hall–Kier alpha value is -2.32. The van der Waals surface area contributed by atoms with Crippen LogP contribution in [0, 0.1) is 0 Å². The number of nitrogens with zero attached hydrogens (tertiary/aromatic N) is 1. The van der Waals surface area contributed by atoms with Crippen LogP contribution in [0.25, 0.3) is 5.73 Å². The fourth-order valence-corrected chi connectivity index (χ4v) is 2.48. The van der Waals surface area contributed by atoms with Gasteiger partial charge in [0.2, 0.25) is 5.88 Å². The summed E-state index contributed by atoms with van der Waals surface area (Å²) in [5, 5.41) is 8.38. The maximum atomic E-state index is 12.2. The van der Waals surface area contributed by atoms with Gasteiger partial charge in [-0.3, -0.25) is 4.79 Å². The number of carboxylic acids is 1. The molecule has 0 radical (unpaired) electrons. The third kappa shape index (κ3) is 4.40. The largest absolute Gasteiger partial charge is 0.674 e. The lowest BCUT2D eigenvalue weighted by Crippen LogP contribution is -2.12. The number of benzene rings is 1. The summed E-state index contributed by atoms with van der Waals surface area (Å²) >= 11 is 5.45. The minimum Gasteiger partial charge on any atom is -0.674 e. The van der Waals surface area contributed by atoms with Crippen molar-refractivity contribution in [2.75, 3.05) is 6.61 Å². The van der Waals surface area contributed by atoms with Crippen LogP contribution in [-0.4, -0.2) is 22.7 Å². The molecule has 1 atom stereocenters. The Kier molecular flexibility index (Phi) is 5.86. The van der Waals surface area contributed by atoms with Crippen LogP contribution in [0.1, 0.15) is 22.6 Å². The fraction of sp³-hybridized carbons (Fsp3) is 0.250. The highest BCUT2D eigenvalue weighted by molar-refractivity contribution is 6.32. The Morgan fingerprint density at radius 3 is 2.68 bits per heavy atom. The Labute approximate surface area is 146 Å². The van der Waals surface area contributed by atoms with Gasteiger partial charge in [0, 0.05) is 11.8 Å². The number of hydrogen-bond donors (Lipinski definition) is 1. The molecule has 0 aliphatic carbocycles. The average molecular weight is 374 g/mol. The summed E-state index contributed by atoms with van der Waals surface area (Å²) in [5.41, 5.74) is 6.92. The molecule has 25 heavy (non-hydrogen) atoms. The van der Waals surface area contributed by atoms with Gasteiger partial charge in [0.05, 0.1) is 10.6 Å². The number of ether oxygens (including phenoxy) is 1. The number of nitrogens with one attached hydrogen (secondary N) is 1. The molecular formula is C16H13ClF3N2O3-. The molecule has 134 valence electrons. The number of rotatable bonds is 2. The van der Waals surface area contributed by atoms with Crippen molar-refractivity contribution < 1.29 is 27.8 Å². The summed E-state index contributed by atoms with van der Waals surface area (Å²) in [4.78, 5) is 14.6. The van der Waals surface area contributed by atoms with Gasteiger partial charge in [-0.05, 0) is 17.7 Å². The third-order valence-corrected chi connectivity index (χ3v) is 3.88. The molecule has 1 unspecified atom stereocenters. The highest BCUT2D eigenvalue weighted by Crippen LogP contribution is 2.36. The first-order valence-electron chi connectivity index (χ1n) is 7.05. The van der Waals surface area contributed by atoms with E-state index in [1.807, 2.05) is 0 Å². The second kappa shape index (κ2) is 7.71. The predicted molar refractivity (Wildman–Crippen MR) is 84.6 cm³/mol. The van der Waals surface area contributed by atoms with Crippen LogP contribution in [0.4, 0.5) is 13.2 Å². The van der Waals surface area contributed by atoms with Crippen molar-refractivity contribution in [1.29, 1.82) is 0 Å². The zero-order valence-corrected chi connectivity index (χ0v) is 13.4. The summed E-state index contributed by atoms with van der Waals surface area (Å²) < 4.78 is 41.7. The average Bonchev–Trinajstić information content (AvgIpc) is 2.99. The van der Waals surface area contributed by atoms with Crippen molar-refractivity contribution in [2.24, 2.45) is 0 Å². The van der Waals surface area contributed by atoms with Crippen molar-refractivity contribution in [3.8, 4) is 5.88 Å². The van der Waals surface area contributed by atoms with Crippen LogP contribution in [0.3, 0.4) is 0 Å². The van der Waals surface area contributed by atoms with E-state index in [2.05, 4.69) is 4.98 Å².